The number of nitriles is 1. The van der Waals surface area contributed by atoms with Crippen molar-refractivity contribution in [1.82, 2.24) is 5.32 Å². The molecule has 0 unspecified atom stereocenters. The highest BCUT2D eigenvalue weighted by Crippen LogP contribution is 2.18. The highest BCUT2D eigenvalue weighted by atomic mass is 79.9. The van der Waals surface area contributed by atoms with Gasteiger partial charge in [0.05, 0.1) is 17.9 Å². The van der Waals surface area contributed by atoms with Gasteiger partial charge in [-0.25, -0.2) is 4.79 Å². The number of amides is 1. The number of rotatable bonds is 10. The Bertz CT molecular complexity index is 951. The van der Waals surface area contributed by atoms with Crippen LogP contribution in [0.25, 0.3) is 0 Å². The maximum Gasteiger partial charge on any atom is 0.340 e. The number of hydrogen-bond donors (Lipinski definition) is 2. The first-order chi connectivity index (χ1) is 14.6. The Labute approximate surface area is 185 Å². The molecule has 0 radical (unpaired) electrons. The van der Waals surface area contributed by atoms with E-state index in [-0.39, 0.29) is 11.1 Å². The predicted octanol–water partition coefficient (Wildman–Crippen LogP) is 4.58. The quantitative estimate of drug-likeness (QED) is 0.230. The Kier molecular flexibility index (Phi) is 9.62. The summed E-state index contributed by atoms with van der Waals surface area (Å²) in [5.74, 6) is -1.10. The second-order valence-corrected chi connectivity index (χ2v) is 7.31. The molecule has 2 aromatic carbocycles. The summed E-state index contributed by atoms with van der Waals surface area (Å²) in [5, 5.41) is 15.0. The number of carbonyl (C=O) groups is 2. The van der Waals surface area contributed by atoms with Crippen LogP contribution >= 0.6 is 15.9 Å². The first-order valence-electron chi connectivity index (χ1n) is 9.71. The minimum Gasteiger partial charge on any atom is -0.462 e. The summed E-state index contributed by atoms with van der Waals surface area (Å²) < 4.78 is 6.23. The van der Waals surface area contributed by atoms with Crippen LogP contribution in [0.2, 0.25) is 0 Å². The molecule has 0 bridgehead atoms. The van der Waals surface area contributed by atoms with Crippen molar-refractivity contribution >= 4 is 33.5 Å². The number of carbonyl (C=O) groups excluding carboxylic acids is 2. The summed E-state index contributed by atoms with van der Waals surface area (Å²) in [5.41, 5.74) is 1.59. The third-order valence-corrected chi connectivity index (χ3v) is 5.01. The molecule has 30 heavy (non-hydrogen) atoms. The van der Waals surface area contributed by atoms with Crippen LogP contribution in [0.5, 0.6) is 0 Å². The molecule has 0 heterocycles. The Hall–Kier alpha value is -3.11. The van der Waals surface area contributed by atoms with Crippen molar-refractivity contribution in [3.63, 3.8) is 0 Å². The van der Waals surface area contributed by atoms with E-state index in [9.17, 15) is 14.9 Å². The number of para-hydroxylation sites is 1. The van der Waals surface area contributed by atoms with Gasteiger partial charge in [0, 0.05) is 17.2 Å². The van der Waals surface area contributed by atoms with Gasteiger partial charge in [-0.05, 0) is 36.6 Å². The summed E-state index contributed by atoms with van der Waals surface area (Å²) in [4.78, 5) is 24.8. The number of halogens is 1. The monoisotopic (exact) mass is 469 g/mol. The van der Waals surface area contributed by atoms with Gasteiger partial charge >= 0.3 is 5.97 Å². The summed E-state index contributed by atoms with van der Waals surface area (Å²) in [7, 11) is 0. The Morgan fingerprint density at radius 3 is 2.63 bits per heavy atom. The highest BCUT2D eigenvalue weighted by molar-refractivity contribution is 9.10. The molecule has 156 valence electrons. The molecule has 1 amide bonds. The predicted molar refractivity (Wildman–Crippen MR) is 120 cm³/mol. The maximum absolute atomic E-state index is 12.5. The molecular formula is C23H24BrN3O3. The summed E-state index contributed by atoms with van der Waals surface area (Å²) >= 11 is 3.49. The van der Waals surface area contributed by atoms with Crippen molar-refractivity contribution in [2.45, 2.75) is 26.2 Å². The van der Waals surface area contributed by atoms with Gasteiger partial charge < -0.3 is 15.4 Å². The van der Waals surface area contributed by atoms with Gasteiger partial charge in [0.1, 0.15) is 11.6 Å². The molecule has 0 aliphatic carbocycles. The molecule has 2 aromatic rings. The Morgan fingerprint density at radius 1 is 1.17 bits per heavy atom. The van der Waals surface area contributed by atoms with Crippen LogP contribution in [0.4, 0.5) is 5.69 Å². The molecule has 6 nitrogen and oxygen atoms in total. The minimum absolute atomic E-state index is 0.0868. The summed E-state index contributed by atoms with van der Waals surface area (Å²) in [6, 6.07) is 16.3. The van der Waals surface area contributed by atoms with E-state index in [0.717, 1.165) is 29.3 Å². The zero-order chi connectivity index (χ0) is 21.8. The molecule has 0 aliphatic heterocycles. The van der Waals surface area contributed by atoms with Crippen LogP contribution in [0.1, 0.15) is 35.7 Å². The van der Waals surface area contributed by atoms with Crippen molar-refractivity contribution in [3.8, 4) is 6.07 Å². The molecule has 0 spiro atoms. The van der Waals surface area contributed by atoms with Crippen molar-refractivity contribution < 1.29 is 14.3 Å². The maximum atomic E-state index is 12.5. The van der Waals surface area contributed by atoms with E-state index < -0.39 is 11.9 Å². The van der Waals surface area contributed by atoms with Gasteiger partial charge in [0.25, 0.3) is 5.91 Å². The topological polar surface area (TPSA) is 91.2 Å². The number of anilines is 1. The molecule has 0 fully saturated rings. The van der Waals surface area contributed by atoms with Crippen molar-refractivity contribution in [2.75, 3.05) is 18.5 Å². The summed E-state index contributed by atoms with van der Waals surface area (Å²) in [6.45, 7) is 2.88. The first kappa shape index (κ1) is 23.2. The van der Waals surface area contributed by atoms with Gasteiger partial charge in [0.15, 0.2) is 0 Å². The largest absolute Gasteiger partial charge is 0.462 e. The fourth-order valence-electron chi connectivity index (χ4n) is 2.58. The fourth-order valence-corrected chi connectivity index (χ4v) is 3.06. The van der Waals surface area contributed by atoms with Gasteiger partial charge in [0.2, 0.25) is 0 Å². The van der Waals surface area contributed by atoms with Crippen LogP contribution in [0.3, 0.4) is 0 Å². The minimum atomic E-state index is -0.598. The zero-order valence-electron chi connectivity index (χ0n) is 16.8. The van der Waals surface area contributed by atoms with Crippen LogP contribution in [0, 0.1) is 11.3 Å². The van der Waals surface area contributed by atoms with Gasteiger partial charge in [-0.2, -0.15) is 5.26 Å². The number of hydrogen-bond acceptors (Lipinski definition) is 5. The second kappa shape index (κ2) is 12.5. The van der Waals surface area contributed by atoms with Crippen LogP contribution in [0.15, 0.2) is 64.8 Å². The summed E-state index contributed by atoms with van der Waals surface area (Å²) in [6.07, 6.45) is 3.79. The van der Waals surface area contributed by atoms with Gasteiger partial charge in [-0.1, -0.05) is 59.6 Å². The van der Waals surface area contributed by atoms with E-state index in [1.165, 1.54) is 6.20 Å². The van der Waals surface area contributed by atoms with Crippen molar-refractivity contribution in [3.05, 3.63) is 75.9 Å². The van der Waals surface area contributed by atoms with E-state index in [1.807, 2.05) is 37.3 Å². The molecule has 0 saturated heterocycles. The molecular weight excluding hydrogens is 446 g/mol. The van der Waals surface area contributed by atoms with Gasteiger partial charge in [-0.3, -0.25) is 4.79 Å². The van der Waals surface area contributed by atoms with E-state index in [0.29, 0.717) is 18.8 Å². The SMILES string of the molecule is CCCCOC(=O)c1ccccc1NC(=O)/C(C#N)=C\NCCc1ccccc1Br. The molecule has 0 saturated carbocycles. The van der Waals surface area contributed by atoms with Gasteiger partial charge in [-0.15, -0.1) is 0 Å². The van der Waals surface area contributed by atoms with E-state index in [2.05, 4.69) is 26.6 Å². The molecule has 0 atom stereocenters. The molecule has 2 rings (SSSR count). The van der Waals surface area contributed by atoms with Crippen molar-refractivity contribution in [2.24, 2.45) is 0 Å². The van der Waals surface area contributed by atoms with E-state index in [4.69, 9.17) is 4.74 Å². The number of unbranched alkanes of at least 4 members (excludes halogenated alkanes) is 1. The lowest BCUT2D eigenvalue weighted by atomic mass is 10.1. The second-order valence-electron chi connectivity index (χ2n) is 6.45. The van der Waals surface area contributed by atoms with E-state index >= 15 is 0 Å². The van der Waals surface area contributed by atoms with Crippen LogP contribution in [-0.4, -0.2) is 25.0 Å². The van der Waals surface area contributed by atoms with Crippen LogP contribution in [-0.2, 0) is 16.0 Å². The number of nitrogens with zero attached hydrogens (tertiary/aromatic N) is 1. The number of benzene rings is 2. The Balaban J connectivity index is 1.98. The zero-order valence-corrected chi connectivity index (χ0v) is 18.4. The third kappa shape index (κ3) is 7.05. The highest BCUT2D eigenvalue weighted by Gasteiger charge is 2.16. The fraction of sp³-hybridized carbons (Fsp3) is 0.261. The van der Waals surface area contributed by atoms with Crippen molar-refractivity contribution in [1.29, 1.82) is 5.26 Å². The molecule has 0 aliphatic rings. The standard InChI is InChI=1S/C23H24BrN3O3/c1-2-3-14-30-23(29)19-9-5-7-11-21(19)27-22(28)18(15-25)16-26-13-12-17-8-4-6-10-20(17)24/h4-11,16,26H,2-3,12-14H2,1H3,(H,27,28)/b18-16-. The average molecular weight is 470 g/mol. The van der Waals surface area contributed by atoms with Crippen LogP contribution < -0.4 is 10.6 Å². The normalized spacial score (nSPS) is 10.8. The number of ether oxygens (including phenoxy) is 1. The lowest BCUT2D eigenvalue weighted by Gasteiger charge is -2.11. The lowest BCUT2D eigenvalue weighted by molar-refractivity contribution is -0.112. The smallest absolute Gasteiger partial charge is 0.340 e. The third-order valence-electron chi connectivity index (χ3n) is 4.23. The molecule has 2 N–H and O–H groups in total. The number of nitrogens with one attached hydrogen (secondary N) is 2. The average Bonchev–Trinajstić information content (AvgIpc) is 2.75. The number of esters is 1. The lowest BCUT2D eigenvalue weighted by Crippen LogP contribution is -2.19. The molecule has 7 heteroatoms. The Morgan fingerprint density at radius 2 is 1.90 bits per heavy atom. The first-order valence-corrected chi connectivity index (χ1v) is 10.5. The van der Waals surface area contributed by atoms with E-state index in [1.54, 1.807) is 24.3 Å². The molecule has 0 aromatic heterocycles.